The Morgan fingerprint density at radius 3 is 2.50 bits per heavy atom. The van der Waals surface area contributed by atoms with E-state index in [0.717, 1.165) is 17.7 Å². The zero-order valence-corrected chi connectivity index (χ0v) is 13.4. The van der Waals surface area contributed by atoms with E-state index in [1.54, 1.807) is 6.07 Å². The van der Waals surface area contributed by atoms with Crippen LogP contribution in [0.15, 0.2) is 6.07 Å². The van der Waals surface area contributed by atoms with E-state index in [1.165, 1.54) is 18.4 Å². The highest BCUT2D eigenvalue weighted by Gasteiger charge is 2.36. The number of carbonyl (C=O) groups excluding carboxylic acids is 2. The highest BCUT2D eigenvalue weighted by atomic mass is 32.1. The second-order valence-electron chi connectivity index (χ2n) is 5.42. The molecule has 1 aliphatic rings. The fraction of sp³-hybridized carbons (Fsp3) is 0.533. The normalized spacial score (nSPS) is 21.2. The number of aryl methyl sites for hydroxylation is 1. The predicted molar refractivity (Wildman–Crippen MR) is 82.1 cm³/mol. The molecule has 2 rings (SSSR count). The highest BCUT2D eigenvalue weighted by molar-refractivity contribution is 7.16. The molecule has 1 fully saturated rings. The minimum Gasteiger partial charge on any atom is -0.481 e. The van der Waals surface area contributed by atoms with Gasteiger partial charge in [0.25, 0.3) is 0 Å². The number of amides is 1. The number of methoxy groups -OCH3 is 1. The molecule has 1 amide bonds. The molecule has 0 aliphatic heterocycles. The monoisotopic (exact) mass is 325 g/mol. The van der Waals surface area contributed by atoms with E-state index in [0.29, 0.717) is 23.4 Å². The Hall–Kier alpha value is -1.89. The molecule has 2 N–H and O–H groups in total. The predicted octanol–water partition coefficient (Wildman–Crippen LogP) is 2.67. The first-order valence-electron chi connectivity index (χ1n) is 7.16. The molecule has 0 radical (unpaired) electrons. The van der Waals surface area contributed by atoms with E-state index in [9.17, 15) is 19.5 Å². The zero-order valence-electron chi connectivity index (χ0n) is 12.5. The summed E-state index contributed by atoms with van der Waals surface area (Å²) in [4.78, 5) is 36.3. The second-order valence-corrected chi connectivity index (χ2v) is 6.67. The molecule has 1 heterocycles. The molecule has 120 valence electrons. The van der Waals surface area contributed by atoms with Gasteiger partial charge in [0, 0.05) is 4.88 Å². The largest absolute Gasteiger partial charge is 0.481 e. The van der Waals surface area contributed by atoms with Gasteiger partial charge >= 0.3 is 11.9 Å². The van der Waals surface area contributed by atoms with E-state index in [4.69, 9.17) is 4.74 Å². The van der Waals surface area contributed by atoms with Gasteiger partial charge in [-0.1, -0.05) is 12.8 Å². The molecule has 1 saturated carbocycles. The van der Waals surface area contributed by atoms with E-state index < -0.39 is 23.8 Å². The summed E-state index contributed by atoms with van der Waals surface area (Å²) in [6, 6.07) is 1.65. The lowest BCUT2D eigenvalue weighted by Crippen LogP contribution is -2.36. The Kier molecular flexibility index (Phi) is 5.18. The molecule has 0 unspecified atom stereocenters. The number of rotatable bonds is 4. The first kappa shape index (κ1) is 16.5. The molecule has 1 aromatic rings. The summed E-state index contributed by atoms with van der Waals surface area (Å²) < 4.78 is 4.70. The number of anilines is 1. The lowest BCUT2D eigenvalue weighted by Gasteiger charge is -2.27. The highest BCUT2D eigenvalue weighted by Crippen LogP contribution is 2.33. The Bertz CT molecular complexity index is 595. The maximum Gasteiger partial charge on any atom is 0.340 e. The van der Waals surface area contributed by atoms with Crippen LogP contribution in [-0.4, -0.2) is 30.1 Å². The van der Waals surface area contributed by atoms with Crippen LogP contribution in [0.3, 0.4) is 0 Å². The van der Waals surface area contributed by atoms with Gasteiger partial charge in [0.1, 0.15) is 5.00 Å². The van der Waals surface area contributed by atoms with Crippen LogP contribution >= 0.6 is 11.3 Å². The smallest absolute Gasteiger partial charge is 0.340 e. The van der Waals surface area contributed by atoms with Gasteiger partial charge in [0.05, 0.1) is 24.5 Å². The number of thiophene rings is 1. The second kappa shape index (κ2) is 6.91. The third-order valence-corrected chi connectivity index (χ3v) is 4.88. The summed E-state index contributed by atoms with van der Waals surface area (Å²) in [5.74, 6) is -3.00. The number of carboxylic acids is 1. The van der Waals surface area contributed by atoms with Crippen molar-refractivity contribution < 1.29 is 24.2 Å². The van der Waals surface area contributed by atoms with Crippen molar-refractivity contribution in [1.82, 2.24) is 0 Å². The molecule has 22 heavy (non-hydrogen) atoms. The number of nitrogens with one attached hydrogen (secondary N) is 1. The molecule has 0 aromatic carbocycles. The van der Waals surface area contributed by atoms with Crippen molar-refractivity contribution >= 4 is 34.2 Å². The first-order valence-corrected chi connectivity index (χ1v) is 7.98. The molecular weight excluding hydrogens is 306 g/mol. The minimum atomic E-state index is -0.935. The van der Waals surface area contributed by atoms with E-state index >= 15 is 0 Å². The van der Waals surface area contributed by atoms with Gasteiger partial charge in [-0.05, 0) is 25.8 Å². The van der Waals surface area contributed by atoms with Crippen LogP contribution in [-0.2, 0) is 14.3 Å². The van der Waals surface area contributed by atoms with Gasteiger partial charge in [0.2, 0.25) is 5.91 Å². The van der Waals surface area contributed by atoms with Crippen molar-refractivity contribution in [2.24, 2.45) is 11.8 Å². The topological polar surface area (TPSA) is 92.7 Å². The summed E-state index contributed by atoms with van der Waals surface area (Å²) in [6.45, 7) is 1.83. The summed E-state index contributed by atoms with van der Waals surface area (Å²) in [7, 11) is 1.28. The number of ether oxygens (including phenoxy) is 1. The molecule has 1 aromatic heterocycles. The quantitative estimate of drug-likeness (QED) is 0.830. The first-order chi connectivity index (χ1) is 10.4. The number of aliphatic carboxylic acids is 1. The third kappa shape index (κ3) is 3.47. The van der Waals surface area contributed by atoms with E-state index in [-0.39, 0.29) is 5.91 Å². The molecule has 0 saturated heterocycles. The lowest BCUT2D eigenvalue weighted by atomic mass is 9.79. The van der Waals surface area contributed by atoms with Crippen LogP contribution in [0.2, 0.25) is 0 Å². The molecule has 0 spiro atoms. The van der Waals surface area contributed by atoms with Crippen LogP contribution < -0.4 is 5.32 Å². The lowest BCUT2D eigenvalue weighted by molar-refractivity contribution is -0.147. The SMILES string of the molecule is COC(=O)c1cc(C)sc1NC(=O)[C@H]1CCCC[C@H]1C(=O)O. The number of hydrogen-bond acceptors (Lipinski definition) is 5. The Labute approximate surface area is 132 Å². The third-order valence-electron chi connectivity index (χ3n) is 3.92. The molecule has 6 nitrogen and oxygen atoms in total. The van der Waals surface area contributed by atoms with Crippen molar-refractivity contribution in [1.29, 1.82) is 0 Å². The fourth-order valence-corrected chi connectivity index (χ4v) is 3.72. The summed E-state index contributed by atoms with van der Waals surface area (Å²) in [5.41, 5.74) is 0.307. The average molecular weight is 325 g/mol. The van der Waals surface area contributed by atoms with Gasteiger partial charge < -0.3 is 15.2 Å². The minimum absolute atomic E-state index is 0.307. The molecule has 0 bridgehead atoms. The van der Waals surface area contributed by atoms with Crippen LogP contribution in [0.5, 0.6) is 0 Å². The van der Waals surface area contributed by atoms with Gasteiger partial charge in [0.15, 0.2) is 0 Å². The summed E-state index contributed by atoms with van der Waals surface area (Å²) in [6.07, 6.45) is 2.74. The molecule has 2 atom stereocenters. The van der Waals surface area contributed by atoms with Crippen molar-refractivity contribution in [3.05, 3.63) is 16.5 Å². The van der Waals surface area contributed by atoms with Gasteiger partial charge in [-0.25, -0.2) is 4.79 Å². The maximum absolute atomic E-state index is 12.4. The maximum atomic E-state index is 12.4. The Morgan fingerprint density at radius 2 is 1.91 bits per heavy atom. The van der Waals surface area contributed by atoms with Crippen LogP contribution in [0.4, 0.5) is 5.00 Å². The standard InChI is InChI=1S/C15H19NO5S/c1-8-7-11(15(20)21-2)13(22-8)16-12(17)9-5-3-4-6-10(9)14(18)19/h7,9-10H,3-6H2,1-2H3,(H,16,17)(H,18,19)/t9-,10+/m0/s1. The number of carboxylic acid groups (broad SMARTS) is 1. The van der Waals surface area contributed by atoms with Crippen molar-refractivity contribution in [2.45, 2.75) is 32.6 Å². The van der Waals surface area contributed by atoms with Crippen molar-refractivity contribution in [3.8, 4) is 0 Å². The van der Waals surface area contributed by atoms with Gasteiger partial charge in [-0.2, -0.15) is 0 Å². The average Bonchev–Trinajstić information content (AvgIpc) is 2.86. The van der Waals surface area contributed by atoms with Crippen molar-refractivity contribution in [3.63, 3.8) is 0 Å². The Morgan fingerprint density at radius 1 is 1.27 bits per heavy atom. The number of hydrogen-bond donors (Lipinski definition) is 2. The van der Waals surface area contributed by atoms with Crippen LogP contribution in [0.25, 0.3) is 0 Å². The van der Waals surface area contributed by atoms with Crippen molar-refractivity contribution in [2.75, 3.05) is 12.4 Å². The fourth-order valence-electron chi connectivity index (χ4n) is 2.81. The van der Waals surface area contributed by atoms with Gasteiger partial charge in [-0.3, -0.25) is 9.59 Å². The number of esters is 1. The van der Waals surface area contributed by atoms with Crippen LogP contribution in [0.1, 0.15) is 40.9 Å². The van der Waals surface area contributed by atoms with E-state index in [2.05, 4.69) is 5.32 Å². The number of carbonyl (C=O) groups is 3. The van der Waals surface area contributed by atoms with E-state index in [1.807, 2.05) is 6.92 Å². The Balaban J connectivity index is 2.17. The molecule has 1 aliphatic carbocycles. The van der Waals surface area contributed by atoms with Crippen LogP contribution in [0, 0.1) is 18.8 Å². The molecule has 7 heteroatoms. The van der Waals surface area contributed by atoms with Gasteiger partial charge in [-0.15, -0.1) is 11.3 Å². The zero-order chi connectivity index (χ0) is 16.3. The summed E-state index contributed by atoms with van der Waals surface area (Å²) in [5, 5.41) is 12.4. The summed E-state index contributed by atoms with van der Waals surface area (Å²) >= 11 is 1.28. The molecular formula is C15H19NO5S.